The van der Waals surface area contributed by atoms with E-state index in [-0.39, 0.29) is 17.8 Å². The molecule has 0 aliphatic heterocycles. The number of nitrogens with zero attached hydrogens (tertiary/aromatic N) is 3. The lowest BCUT2D eigenvalue weighted by molar-refractivity contribution is -0.384. The Bertz CT molecular complexity index is 907. The van der Waals surface area contributed by atoms with Crippen molar-refractivity contribution < 1.29 is 9.72 Å². The molecule has 2 aromatic rings. The minimum atomic E-state index is -0.537. The largest absolute Gasteiger partial charge is 0.325 e. The first-order valence-electron chi connectivity index (χ1n) is 6.99. The van der Waals surface area contributed by atoms with Crippen LogP contribution in [0.15, 0.2) is 35.1 Å². The zero-order valence-electron chi connectivity index (χ0n) is 13.1. The topological polar surface area (TPSA) is 118 Å². The van der Waals surface area contributed by atoms with Crippen molar-refractivity contribution in [2.45, 2.75) is 20.4 Å². The molecule has 0 saturated heterocycles. The van der Waals surface area contributed by atoms with Gasteiger partial charge in [0.25, 0.3) is 11.2 Å². The normalized spacial score (nSPS) is 10.0. The molecule has 1 heterocycles. The third-order valence-electron chi connectivity index (χ3n) is 3.48. The van der Waals surface area contributed by atoms with Crippen LogP contribution < -0.4 is 10.9 Å². The second-order valence-corrected chi connectivity index (χ2v) is 5.20. The van der Waals surface area contributed by atoms with Crippen molar-refractivity contribution in [3.8, 4) is 6.07 Å². The SMILES string of the molecule is Cc1cc(C)n(CC(=O)Nc2ccc([N+](=O)[O-])cc2)c(=O)c1C#N. The second-order valence-electron chi connectivity index (χ2n) is 5.20. The van der Waals surface area contributed by atoms with E-state index in [0.717, 1.165) is 0 Å². The van der Waals surface area contributed by atoms with Gasteiger partial charge in [-0.3, -0.25) is 19.7 Å². The summed E-state index contributed by atoms with van der Waals surface area (Å²) in [5.41, 5.74) is 0.904. The number of nitro groups is 1. The fraction of sp³-hybridized carbons (Fsp3) is 0.188. The van der Waals surface area contributed by atoms with Gasteiger partial charge in [0.1, 0.15) is 18.2 Å². The van der Waals surface area contributed by atoms with E-state index in [1.807, 2.05) is 6.07 Å². The molecule has 2 rings (SSSR count). The molecule has 0 saturated carbocycles. The first-order valence-corrected chi connectivity index (χ1v) is 6.99. The lowest BCUT2D eigenvalue weighted by Gasteiger charge is -2.12. The van der Waals surface area contributed by atoms with Gasteiger partial charge in [-0.1, -0.05) is 0 Å². The number of anilines is 1. The Hall–Kier alpha value is -3.47. The summed E-state index contributed by atoms with van der Waals surface area (Å²) in [6.45, 7) is 3.08. The molecule has 1 amide bonds. The molecular weight excluding hydrogens is 312 g/mol. The fourth-order valence-electron chi connectivity index (χ4n) is 2.27. The van der Waals surface area contributed by atoms with Gasteiger partial charge in [0.2, 0.25) is 5.91 Å². The van der Waals surface area contributed by atoms with E-state index in [4.69, 9.17) is 5.26 Å². The highest BCUT2D eigenvalue weighted by Gasteiger charge is 2.13. The number of carbonyl (C=O) groups excluding carboxylic acids is 1. The van der Waals surface area contributed by atoms with Gasteiger partial charge in [-0.05, 0) is 37.6 Å². The molecule has 1 aromatic heterocycles. The highest BCUT2D eigenvalue weighted by molar-refractivity contribution is 5.90. The zero-order chi connectivity index (χ0) is 17.9. The van der Waals surface area contributed by atoms with Gasteiger partial charge < -0.3 is 9.88 Å². The molecule has 0 atom stereocenters. The van der Waals surface area contributed by atoms with Crippen LogP contribution in [0.2, 0.25) is 0 Å². The van der Waals surface area contributed by atoms with Gasteiger partial charge in [0.15, 0.2) is 0 Å². The summed E-state index contributed by atoms with van der Waals surface area (Å²) < 4.78 is 1.21. The van der Waals surface area contributed by atoms with Crippen LogP contribution in [0, 0.1) is 35.3 Å². The summed E-state index contributed by atoms with van der Waals surface area (Å²) in [6, 6.07) is 8.86. The molecule has 8 heteroatoms. The summed E-state index contributed by atoms with van der Waals surface area (Å²) in [5.74, 6) is -0.471. The number of amides is 1. The molecular formula is C16H14N4O4. The van der Waals surface area contributed by atoms with Crippen molar-refractivity contribution in [2.24, 2.45) is 0 Å². The summed E-state index contributed by atoms with van der Waals surface area (Å²) >= 11 is 0. The Balaban J connectivity index is 2.20. The summed E-state index contributed by atoms with van der Waals surface area (Å²) in [5, 5.41) is 22.2. The van der Waals surface area contributed by atoms with E-state index >= 15 is 0 Å². The monoisotopic (exact) mass is 326 g/mol. The number of carbonyl (C=O) groups is 1. The standard InChI is InChI=1S/C16H14N4O4/c1-10-7-11(2)19(16(22)14(10)8-17)9-15(21)18-12-3-5-13(6-4-12)20(23)24/h3-7H,9H2,1-2H3,(H,18,21). The van der Waals surface area contributed by atoms with Crippen LogP contribution in [0.3, 0.4) is 0 Å². The van der Waals surface area contributed by atoms with Crippen LogP contribution in [-0.4, -0.2) is 15.4 Å². The number of pyridine rings is 1. The Morgan fingerprint density at radius 2 is 1.96 bits per heavy atom. The van der Waals surface area contributed by atoms with E-state index in [0.29, 0.717) is 16.9 Å². The van der Waals surface area contributed by atoms with Crippen molar-refractivity contribution in [1.82, 2.24) is 4.57 Å². The van der Waals surface area contributed by atoms with Crippen LogP contribution in [0.4, 0.5) is 11.4 Å². The number of nitriles is 1. The first kappa shape index (κ1) is 16.9. The number of rotatable bonds is 4. The van der Waals surface area contributed by atoms with Crippen LogP contribution >= 0.6 is 0 Å². The minimum absolute atomic E-state index is 0.00346. The smallest absolute Gasteiger partial charge is 0.269 e. The molecule has 1 aromatic carbocycles. The van der Waals surface area contributed by atoms with Crippen molar-refractivity contribution in [3.05, 3.63) is 67.6 Å². The number of hydrogen-bond acceptors (Lipinski definition) is 5. The van der Waals surface area contributed by atoms with Gasteiger partial charge in [-0.15, -0.1) is 0 Å². The number of aromatic nitrogens is 1. The maximum Gasteiger partial charge on any atom is 0.269 e. The molecule has 0 radical (unpaired) electrons. The fourth-order valence-corrected chi connectivity index (χ4v) is 2.27. The molecule has 0 unspecified atom stereocenters. The second kappa shape index (κ2) is 6.75. The Morgan fingerprint density at radius 1 is 1.33 bits per heavy atom. The maximum absolute atomic E-state index is 12.2. The van der Waals surface area contributed by atoms with Crippen molar-refractivity contribution in [1.29, 1.82) is 5.26 Å². The molecule has 122 valence electrons. The molecule has 0 fully saturated rings. The Morgan fingerprint density at radius 3 is 2.50 bits per heavy atom. The van der Waals surface area contributed by atoms with Crippen molar-refractivity contribution >= 4 is 17.3 Å². The predicted octanol–water partition coefficient (Wildman–Crippen LogP) is 1.88. The number of aryl methyl sites for hydroxylation is 2. The van der Waals surface area contributed by atoms with E-state index < -0.39 is 16.4 Å². The predicted molar refractivity (Wildman–Crippen MR) is 86.6 cm³/mol. The quantitative estimate of drug-likeness (QED) is 0.680. The minimum Gasteiger partial charge on any atom is -0.325 e. The average molecular weight is 326 g/mol. The lowest BCUT2D eigenvalue weighted by atomic mass is 10.1. The average Bonchev–Trinajstić information content (AvgIpc) is 2.52. The van der Waals surface area contributed by atoms with Gasteiger partial charge in [-0.25, -0.2) is 0 Å². The Kier molecular flexibility index (Phi) is 4.75. The summed E-state index contributed by atoms with van der Waals surface area (Å²) in [7, 11) is 0. The summed E-state index contributed by atoms with van der Waals surface area (Å²) in [6.07, 6.45) is 0. The molecule has 0 bridgehead atoms. The van der Waals surface area contributed by atoms with Crippen molar-refractivity contribution in [3.63, 3.8) is 0 Å². The van der Waals surface area contributed by atoms with Gasteiger partial charge in [0, 0.05) is 23.5 Å². The molecule has 8 nitrogen and oxygen atoms in total. The van der Waals surface area contributed by atoms with Crippen LogP contribution in [0.25, 0.3) is 0 Å². The molecule has 0 aliphatic carbocycles. The van der Waals surface area contributed by atoms with Crippen molar-refractivity contribution in [2.75, 3.05) is 5.32 Å². The van der Waals surface area contributed by atoms with E-state index in [1.54, 1.807) is 19.9 Å². The molecule has 24 heavy (non-hydrogen) atoms. The molecule has 1 N–H and O–H groups in total. The van der Waals surface area contributed by atoms with E-state index in [2.05, 4.69) is 5.32 Å². The van der Waals surface area contributed by atoms with Crippen LogP contribution in [-0.2, 0) is 11.3 Å². The third kappa shape index (κ3) is 3.47. The number of nitrogens with one attached hydrogen (secondary N) is 1. The number of benzene rings is 1. The summed E-state index contributed by atoms with van der Waals surface area (Å²) in [4.78, 5) is 34.4. The van der Waals surface area contributed by atoms with Gasteiger partial charge in [0.05, 0.1) is 4.92 Å². The van der Waals surface area contributed by atoms with E-state index in [1.165, 1.54) is 28.8 Å². The van der Waals surface area contributed by atoms with Crippen LogP contribution in [0.5, 0.6) is 0 Å². The lowest BCUT2D eigenvalue weighted by Crippen LogP contribution is -2.31. The van der Waals surface area contributed by atoms with E-state index in [9.17, 15) is 19.7 Å². The van der Waals surface area contributed by atoms with Gasteiger partial charge >= 0.3 is 0 Å². The Labute approximate surface area is 137 Å². The molecule has 0 spiro atoms. The third-order valence-corrected chi connectivity index (χ3v) is 3.48. The first-order chi connectivity index (χ1) is 11.3. The number of nitro benzene ring substituents is 1. The van der Waals surface area contributed by atoms with Gasteiger partial charge in [-0.2, -0.15) is 5.26 Å². The number of non-ortho nitro benzene ring substituents is 1. The highest BCUT2D eigenvalue weighted by atomic mass is 16.6. The zero-order valence-corrected chi connectivity index (χ0v) is 13.1. The number of hydrogen-bond donors (Lipinski definition) is 1. The highest BCUT2D eigenvalue weighted by Crippen LogP contribution is 2.15. The molecule has 0 aliphatic rings. The maximum atomic E-state index is 12.2. The van der Waals surface area contributed by atoms with Crippen LogP contribution in [0.1, 0.15) is 16.8 Å².